The molecule has 9 nitrogen and oxygen atoms in total. The number of nitrogens with one attached hydrogen (secondary N) is 1. The van der Waals surface area contributed by atoms with Gasteiger partial charge in [-0.2, -0.15) is 0 Å². The Balaban J connectivity index is 1.52. The SMILES string of the molecule is CC(=O)N(C)CC(=O)Nc1cnc(N2CCN(c3ccccn3)CC2)nc1. The number of aromatic nitrogens is 3. The first-order valence-electron chi connectivity index (χ1n) is 8.77. The summed E-state index contributed by atoms with van der Waals surface area (Å²) in [5, 5.41) is 2.69. The summed E-state index contributed by atoms with van der Waals surface area (Å²) in [6, 6.07) is 5.90. The quantitative estimate of drug-likeness (QED) is 0.825. The molecule has 0 spiro atoms. The summed E-state index contributed by atoms with van der Waals surface area (Å²) in [5.74, 6) is 1.16. The zero-order valence-electron chi connectivity index (χ0n) is 15.5. The first-order valence-corrected chi connectivity index (χ1v) is 8.77. The summed E-state index contributed by atoms with van der Waals surface area (Å²) in [6.45, 7) is 4.69. The number of anilines is 3. The molecule has 0 unspecified atom stereocenters. The van der Waals surface area contributed by atoms with E-state index in [1.807, 2.05) is 18.2 Å². The molecular formula is C18H23N7O2. The van der Waals surface area contributed by atoms with E-state index in [-0.39, 0.29) is 18.4 Å². The Morgan fingerprint density at radius 1 is 1.07 bits per heavy atom. The average molecular weight is 369 g/mol. The van der Waals surface area contributed by atoms with E-state index in [1.165, 1.54) is 11.8 Å². The zero-order chi connectivity index (χ0) is 19.2. The van der Waals surface area contributed by atoms with Crippen LogP contribution in [0.1, 0.15) is 6.92 Å². The predicted octanol–water partition coefficient (Wildman–Crippen LogP) is 0.615. The highest BCUT2D eigenvalue weighted by Crippen LogP contribution is 2.16. The number of pyridine rings is 1. The molecule has 3 rings (SSSR count). The van der Waals surface area contributed by atoms with Gasteiger partial charge in [-0.3, -0.25) is 9.59 Å². The lowest BCUT2D eigenvalue weighted by Crippen LogP contribution is -2.47. The van der Waals surface area contributed by atoms with Gasteiger partial charge in [-0.25, -0.2) is 15.0 Å². The molecule has 0 radical (unpaired) electrons. The van der Waals surface area contributed by atoms with Gasteiger partial charge in [0.15, 0.2) is 0 Å². The van der Waals surface area contributed by atoms with Crippen LogP contribution in [0.4, 0.5) is 17.5 Å². The van der Waals surface area contributed by atoms with Crippen LogP contribution in [0.2, 0.25) is 0 Å². The summed E-state index contributed by atoms with van der Waals surface area (Å²) in [7, 11) is 1.58. The van der Waals surface area contributed by atoms with Crippen LogP contribution in [0.25, 0.3) is 0 Å². The number of likely N-dealkylation sites (N-methyl/N-ethyl adjacent to an activating group) is 1. The fourth-order valence-electron chi connectivity index (χ4n) is 2.75. The van der Waals surface area contributed by atoms with Crippen LogP contribution < -0.4 is 15.1 Å². The Morgan fingerprint density at radius 3 is 2.33 bits per heavy atom. The molecule has 0 saturated carbocycles. The lowest BCUT2D eigenvalue weighted by atomic mass is 10.3. The second-order valence-electron chi connectivity index (χ2n) is 6.36. The molecule has 0 atom stereocenters. The smallest absolute Gasteiger partial charge is 0.244 e. The minimum Gasteiger partial charge on any atom is -0.353 e. The van der Waals surface area contributed by atoms with Crippen LogP contribution >= 0.6 is 0 Å². The lowest BCUT2D eigenvalue weighted by Gasteiger charge is -2.35. The van der Waals surface area contributed by atoms with Gasteiger partial charge in [0.2, 0.25) is 17.8 Å². The number of hydrogen-bond donors (Lipinski definition) is 1. The van der Waals surface area contributed by atoms with E-state index in [4.69, 9.17) is 0 Å². The molecule has 0 aliphatic carbocycles. The average Bonchev–Trinajstić information content (AvgIpc) is 2.69. The van der Waals surface area contributed by atoms with Crippen LogP contribution in [-0.2, 0) is 9.59 Å². The molecule has 0 bridgehead atoms. The molecule has 3 heterocycles. The van der Waals surface area contributed by atoms with Crippen molar-refractivity contribution in [3.63, 3.8) is 0 Å². The first-order chi connectivity index (χ1) is 13.0. The molecule has 2 aromatic rings. The zero-order valence-corrected chi connectivity index (χ0v) is 15.5. The van der Waals surface area contributed by atoms with Crippen LogP contribution in [-0.4, -0.2) is 71.4 Å². The standard InChI is InChI=1S/C18H23N7O2/c1-14(26)23(2)13-17(27)22-15-11-20-18(21-12-15)25-9-7-24(8-10-25)16-5-3-4-6-19-16/h3-6,11-12H,7-10,13H2,1-2H3,(H,22,27). The van der Waals surface area contributed by atoms with Crippen LogP contribution in [0.5, 0.6) is 0 Å². The molecule has 142 valence electrons. The van der Waals surface area contributed by atoms with Gasteiger partial charge in [0.05, 0.1) is 24.6 Å². The Hall–Kier alpha value is -3.23. The Bertz CT molecular complexity index is 774. The molecule has 9 heteroatoms. The molecular weight excluding hydrogens is 346 g/mol. The van der Waals surface area contributed by atoms with E-state index in [2.05, 4.69) is 30.1 Å². The Labute approximate surface area is 158 Å². The topological polar surface area (TPSA) is 94.6 Å². The molecule has 0 aromatic carbocycles. The van der Waals surface area contributed by atoms with Crippen molar-refractivity contribution in [1.29, 1.82) is 0 Å². The number of carbonyl (C=O) groups excluding carboxylic acids is 2. The number of rotatable bonds is 5. The Kier molecular flexibility index (Phi) is 5.80. The van der Waals surface area contributed by atoms with Crippen molar-refractivity contribution in [2.45, 2.75) is 6.92 Å². The molecule has 27 heavy (non-hydrogen) atoms. The summed E-state index contributed by atoms with van der Waals surface area (Å²) in [6.07, 6.45) is 4.96. The van der Waals surface area contributed by atoms with Gasteiger partial charge in [-0.1, -0.05) is 6.07 Å². The van der Waals surface area contributed by atoms with Crippen molar-refractivity contribution in [2.75, 3.05) is 54.9 Å². The van der Waals surface area contributed by atoms with E-state index >= 15 is 0 Å². The van der Waals surface area contributed by atoms with E-state index in [0.29, 0.717) is 11.6 Å². The Morgan fingerprint density at radius 2 is 1.74 bits per heavy atom. The van der Waals surface area contributed by atoms with E-state index < -0.39 is 0 Å². The number of piperazine rings is 1. The number of nitrogens with zero attached hydrogens (tertiary/aromatic N) is 6. The van der Waals surface area contributed by atoms with E-state index in [0.717, 1.165) is 32.0 Å². The van der Waals surface area contributed by atoms with Crippen molar-refractivity contribution in [1.82, 2.24) is 19.9 Å². The summed E-state index contributed by atoms with van der Waals surface area (Å²) >= 11 is 0. The maximum atomic E-state index is 11.9. The fraction of sp³-hybridized carbons (Fsp3) is 0.389. The van der Waals surface area contributed by atoms with Gasteiger partial charge in [-0.15, -0.1) is 0 Å². The van der Waals surface area contributed by atoms with Gasteiger partial charge in [0.1, 0.15) is 5.82 Å². The van der Waals surface area contributed by atoms with Gasteiger partial charge >= 0.3 is 0 Å². The lowest BCUT2D eigenvalue weighted by molar-refractivity contribution is -0.131. The minimum atomic E-state index is -0.284. The van der Waals surface area contributed by atoms with Gasteiger partial charge in [-0.05, 0) is 12.1 Å². The number of carbonyl (C=O) groups is 2. The molecule has 2 aromatic heterocycles. The van der Waals surface area contributed by atoms with E-state index in [1.54, 1.807) is 25.6 Å². The van der Waals surface area contributed by atoms with Crippen molar-refractivity contribution < 1.29 is 9.59 Å². The van der Waals surface area contributed by atoms with E-state index in [9.17, 15) is 9.59 Å². The highest BCUT2D eigenvalue weighted by Gasteiger charge is 2.19. The van der Waals surface area contributed by atoms with Gasteiger partial charge in [0, 0.05) is 46.3 Å². The van der Waals surface area contributed by atoms with Crippen LogP contribution in [0.15, 0.2) is 36.8 Å². The summed E-state index contributed by atoms with van der Waals surface area (Å²) in [4.78, 5) is 41.8. The highest BCUT2D eigenvalue weighted by molar-refractivity contribution is 5.93. The second kappa shape index (κ2) is 8.43. The number of amides is 2. The first kappa shape index (κ1) is 18.6. The maximum absolute atomic E-state index is 11.9. The minimum absolute atomic E-state index is 0.00738. The third-order valence-corrected chi connectivity index (χ3v) is 4.38. The number of hydrogen-bond acceptors (Lipinski definition) is 7. The molecule has 1 fully saturated rings. The molecule has 1 aliphatic rings. The second-order valence-corrected chi connectivity index (χ2v) is 6.36. The normalized spacial score (nSPS) is 14.0. The van der Waals surface area contributed by atoms with Crippen LogP contribution in [0.3, 0.4) is 0 Å². The molecule has 1 N–H and O–H groups in total. The van der Waals surface area contributed by atoms with Crippen molar-refractivity contribution in [2.24, 2.45) is 0 Å². The molecule has 2 amide bonds. The monoisotopic (exact) mass is 369 g/mol. The summed E-state index contributed by atoms with van der Waals surface area (Å²) in [5.41, 5.74) is 0.507. The molecule has 1 aliphatic heterocycles. The van der Waals surface area contributed by atoms with Crippen LogP contribution in [0, 0.1) is 0 Å². The fourth-order valence-corrected chi connectivity index (χ4v) is 2.75. The van der Waals surface area contributed by atoms with Crippen molar-refractivity contribution in [3.8, 4) is 0 Å². The maximum Gasteiger partial charge on any atom is 0.244 e. The van der Waals surface area contributed by atoms with Gasteiger partial charge in [0.25, 0.3) is 0 Å². The largest absolute Gasteiger partial charge is 0.353 e. The predicted molar refractivity (Wildman–Crippen MR) is 103 cm³/mol. The summed E-state index contributed by atoms with van der Waals surface area (Å²) < 4.78 is 0. The third kappa shape index (κ3) is 4.90. The van der Waals surface area contributed by atoms with Crippen molar-refractivity contribution >= 4 is 29.3 Å². The van der Waals surface area contributed by atoms with Crippen molar-refractivity contribution in [3.05, 3.63) is 36.8 Å². The highest BCUT2D eigenvalue weighted by atomic mass is 16.2. The third-order valence-electron chi connectivity index (χ3n) is 4.38. The van der Waals surface area contributed by atoms with Gasteiger partial charge < -0.3 is 20.0 Å². The molecule has 1 saturated heterocycles.